The zero-order valence-corrected chi connectivity index (χ0v) is 31.5. The van der Waals surface area contributed by atoms with Gasteiger partial charge in [0.25, 0.3) is 0 Å². The van der Waals surface area contributed by atoms with E-state index in [0.717, 1.165) is 0 Å². The van der Waals surface area contributed by atoms with Crippen LogP contribution in [0.3, 0.4) is 0 Å². The van der Waals surface area contributed by atoms with Crippen molar-refractivity contribution in [2.75, 3.05) is 25.1 Å². The van der Waals surface area contributed by atoms with Crippen molar-refractivity contribution in [2.24, 2.45) is 23.5 Å². The average molecular weight is 749 g/mol. The number of ketones is 1. The van der Waals surface area contributed by atoms with Gasteiger partial charge in [0.15, 0.2) is 0 Å². The number of esters is 1. The van der Waals surface area contributed by atoms with E-state index in [4.69, 9.17) is 15.2 Å². The maximum Gasteiger partial charge on any atom is 0.312 e. The van der Waals surface area contributed by atoms with Crippen molar-refractivity contribution in [3.05, 3.63) is 29.8 Å². The number of carbonyl (C=O) groups is 8. The summed E-state index contributed by atoms with van der Waals surface area (Å²) in [4.78, 5) is 99.0. The second-order valence-corrected chi connectivity index (χ2v) is 13.5. The van der Waals surface area contributed by atoms with E-state index in [-0.39, 0.29) is 82.1 Å². The molecule has 0 bridgehead atoms. The van der Waals surface area contributed by atoms with Gasteiger partial charge in [-0.1, -0.05) is 53.7 Å². The van der Waals surface area contributed by atoms with Crippen LogP contribution in [-0.4, -0.2) is 90.4 Å². The van der Waals surface area contributed by atoms with Gasteiger partial charge in [0.05, 0.1) is 19.1 Å². The summed E-state index contributed by atoms with van der Waals surface area (Å²) in [6.45, 7) is 10.6. The lowest BCUT2D eigenvalue weighted by Gasteiger charge is -2.27. The number of amides is 6. The van der Waals surface area contributed by atoms with Gasteiger partial charge in [-0.05, 0) is 42.9 Å². The van der Waals surface area contributed by atoms with E-state index in [1.54, 1.807) is 65.8 Å². The summed E-state index contributed by atoms with van der Waals surface area (Å²) in [7, 11) is 0. The third-order valence-corrected chi connectivity index (χ3v) is 7.83. The number of nitrogens with one attached hydrogen (secondary N) is 5. The van der Waals surface area contributed by atoms with Crippen molar-refractivity contribution in [1.29, 1.82) is 0 Å². The van der Waals surface area contributed by atoms with Gasteiger partial charge in [0.1, 0.15) is 30.5 Å². The monoisotopic (exact) mass is 748 g/mol. The molecule has 0 spiro atoms. The molecule has 6 amide bonds. The lowest BCUT2D eigenvalue weighted by molar-refractivity contribution is -0.148. The molecule has 0 aliphatic heterocycles. The van der Waals surface area contributed by atoms with E-state index in [1.807, 2.05) is 0 Å². The standard InChI is InChI=1S/C36H56N6O11/c1-21(2)28(43)15-18-52-19-16-29(44)40-27(13-14-30(45)46)33(48)42-31(22(3)4)34(49)41-26(8-7-17-38-36(37)51)32(47)39-25-11-9-24(10-12-25)20-53-35(50)23(5)6/h9-12,21-23,26-27,31H,7-8,13-20H2,1-6H3,(H,39,47)(H,40,44)(H,41,49)(H,42,48)(H,45,46)(H3,37,38,51)/t26-,27-,31-/m0/s1. The second-order valence-electron chi connectivity index (χ2n) is 13.5. The van der Waals surface area contributed by atoms with Crippen LogP contribution in [0.5, 0.6) is 0 Å². The molecule has 0 aromatic heterocycles. The predicted molar refractivity (Wildman–Crippen MR) is 194 cm³/mol. The number of carboxylic acids is 1. The lowest BCUT2D eigenvalue weighted by atomic mass is 10.0. The van der Waals surface area contributed by atoms with Crippen molar-refractivity contribution in [3.63, 3.8) is 0 Å². The molecule has 3 atom stereocenters. The summed E-state index contributed by atoms with van der Waals surface area (Å²) in [6.07, 6.45) is -0.348. The number of carboxylic acid groups (broad SMARTS) is 1. The number of Topliss-reactive ketones (excluding diaryl/α,β-unsaturated/α-hetero) is 1. The highest BCUT2D eigenvalue weighted by atomic mass is 16.5. The number of hydrogen-bond donors (Lipinski definition) is 7. The number of ether oxygens (including phenoxy) is 2. The van der Waals surface area contributed by atoms with Crippen LogP contribution in [0.2, 0.25) is 0 Å². The minimum atomic E-state index is -1.30. The van der Waals surface area contributed by atoms with Gasteiger partial charge < -0.3 is 46.9 Å². The first kappa shape index (κ1) is 46.0. The highest BCUT2D eigenvalue weighted by Crippen LogP contribution is 2.14. The van der Waals surface area contributed by atoms with E-state index in [2.05, 4.69) is 26.6 Å². The van der Waals surface area contributed by atoms with Crippen LogP contribution in [0.25, 0.3) is 0 Å². The van der Waals surface area contributed by atoms with Gasteiger partial charge in [0, 0.05) is 37.4 Å². The van der Waals surface area contributed by atoms with E-state index >= 15 is 0 Å². The van der Waals surface area contributed by atoms with Crippen LogP contribution >= 0.6 is 0 Å². The van der Waals surface area contributed by atoms with Crippen LogP contribution in [0.15, 0.2) is 24.3 Å². The van der Waals surface area contributed by atoms with E-state index in [1.165, 1.54) is 0 Å². The normalized spacial score (nSPS) is 12.7. The molecule has 1 aromatic rings. The molecule has 17 nitrogen and oxygen atoms in total. The van der Waals surface area contributed by atoms with Gasteiger partial charge in [-0.3, -0.25) is 33.6 Å². The highest BCUT2D eigenvalue weighted by molar-refractivity contribution is 5.99. The van der Waals surface area contributed by atoms with Gasteiger partial charge in [-0.15, -0.1) is 0 Å². The van der Waals surface area contributed by atoms with Crippen LogP contribution < -0.4 is 32.3 Å². The maximum absolute atomic E-state index is 13.6. The summed E-state index contributed by atoms with van der Waals surface area (Å²) in [5.74, 6) is -5.16. The van der Waals surface area contributed by atoms with Crippen LogP contribution in [0, 0.1) is 17.8 Å². The fourth-order valence-electron chi connectivity index (χ4n) is 4.60. The second kappa shape index (κ2) is 24.2. The van der Waals surface area contributed by atoms with Crippen molar-refractivity contribution in [3.8, 4) is 0 Å². The Kier molecular flexibility index (Phi) is 21.0. The quantitative estimate of drug-likeness (QED) is 0.0560. The van der Waals surface area contributed by atoms with E-state index < -0.39 is 66.1 Å². The number of primary amides is 1. The summed E-state index contributed by atoms with van der Waals surface area (Å²) in [5.41, 5.74) is 6.22. The third-order valence-electron chi connectivity index (χ3n) is 7.83. The van der Waals surface area contributed by atoms with Crippen molar-refractivity contribution in [1.82, 2.24) is 21.3 Å². The first-order chi connectivity index (χ1) is 24.9. The molecule has 1 aromatic carbocycles. The number of nitrogens with two attached hydrogens (primary N) is 1. The van der Waals surface area contributed by atoms with Crippen molar-refractivity contribution < 1.29 is 52.9 Å². The topological polar surface area (TPSA) is 261 Å². The molecule has 0 fully saturated rings. The molecule has 0 saturated carbocycles. The van der Waals surface area contributed by atoms with Gasteiger partial charge in [0.2, 0.25) is 23.6 Å². The number of anilines is 1. The molecule has 1 rings (SSSR count). The molecular weight excluding hydrogens is 692 g/mol. The van der Waals surface area contributed by atoms with Crippen molar-refractivity contribution in [2.45, 2.75) is 105 Å². The fourth-order valence-corrected chi connectivity index (χ4v) is 4.60. The smallest absolute Gasteiger partial charge is 0.312 e. The Labute approximate surface area is 310 Å². The number of hydrogen-bond acceptors (Lipinski definition) is 10. The molecule has 53 heavy (non-hydrogen) atoms. The highest BCUT2D eigenvalue weighted by Gasteiger charge is 2.31. The number of urea groups is 1. The zero-order chi connectivity index (χ0) is 40.1. The number of benzene rings is 1. The largest absolute Gasteiger partial charge is 0.481 e. The molecule has 0 radical (unpaired) electrons. The van der Waals surface area contributed by atoms with Gasteiger partial charge in [-0.25, -0.2) is 4.79 Å². The molecule has 0 saturated heterocycles. The third kappa shape index (κ3) is 19.4. The minimum Gasteiger partial charge on any atom is -0.481 e. The minimum absolute atomic E-state index is 0.0181. The summed E-state index contributed by atoms with van der Waals surface area (Å²) in [5, 5.41) is 22.1. The molecule has 0 heterocycles. The Hall–Kier alpha value is -5.06. The molecule has 17 heteroatoms. The van der Waals surface area contributed by atoms with Crippen LogP contribution in [0.1, 0.15) is 85.6 Å². The zero-order valence-electron chi connectivity index (χ0n) is 31.5. The summed E-state index contributed by atoms with van der Waals surface area (Å²) in [6, 6.07) is 2.17. The summed E-state index contributed by atoms with van der Waals surface area (Å²) >= 11 is 0. The number of carbonyl (C=O) groups excluding carboxylic acids is 7. The molecule has 296 valence electrons. The molecule has 0 unspecified atom stereocenters. The Morgan fingerprint density at radius 2 is 1.36 bits per heavy atom. The van der Waals surface area contributed by atoms with Gasteiger partial charge in [-0.2, -0.15) is 0 Å². The Morgan fingerprint density at radius 1 is 0.736 bits per heavy atom. The van der Waals surface area contributed by atoms with Crippen molar-refractivity contribution >= 4 is 53.1 Å². The number of rotatable bonds is 25. The van der Waals surface area contributed by atoms with Crippen LogP contribution in [-0.2, 0) is 49.6 Å². The number of aliphatic carboxylic acids is 1. The van der Waals surface area contributed by atoms with E-state index in [0.29, 0.717) is 11.3 Å². The lowest BCUT2D eigenvalue weighted by Crippen LogP contribution is -2.58. The Bertz CT molecular complexity index is 1400. The average Bonchev–Trinajstić information content (AvgIpc) is 3.08. The Balaban J connectivity index is 3.01. The maximum atomic E-state index is 13.6. The first-order valence-electron chi connectivity index (χ1n) is 17.7. The first-order valence-corrected chi connectivity index (χ1v) is 17.7. The summed E-state index contributed by atoms with van der Waals surface area (Å²) < 4.78 is 10.6. The van der Waals surface area contributed by atoms with E-state index in [9.17, 15) is 43.5 Å². The SMILES string of the molecule is CC(C)C(=O)CCOCCC(=O)N[C@@H](CCC(=O)O)C(=O)N[C@H](C(=O)N[C@@H](CCCNC(N)=O)C(=O)Nc1ccc(COC(=O)C(C)C)cc1)C(C)C. The van der Waals surface area contributed by atoms with Crippen LogP contribution in [0.4, 0.5) is 10.5 Å². The Morgan fingerprint density at radius 3 is 1.92 bits per heavy atom. The molecule has 0 aliphatic rings. The molecule has 0 aliphatic carbocycles. The molecule has 8 N–H and O–H groups in total. The molecular formula is C36H56N6O11. The van der Waals surface area contributed by atoms with Gasteiger partial charge >= 0.3 is 18.0 Å². The fraction of sp³-hybridized carbons (Fsp3) is 0.611. The predicted octanol–water partition coefficient (Wildman–Crippen LogP) is 1.77.